The molecule has 0 saturated carbocycles. The molecule has 0 unspecified atom stereocenters. The molecule has 0 aliphatic carbocycles. The van der Waals surface area contributed by atoms with Crippen LogP contribution in [0.1, 0.15) is 40.0 Å². The molecule has 1 aromatic heterocycles. The summed E-state index contributed by atoms with van der Waals surface area (Å²) >= 11 is 6.05. The average molecular weight is 536 g/mol. The molecule has 1 saturated heterocycles. The van der Waals surface area contributed by atoms with Crippen molar-refractivity contribution < 1.29 is 19.1 Å². The van der Waals surface area contributed by atoms with Gasteiger partial charge in [-0.3, -0.25) is 24.3 Å². The lowest BCUT2D eigenvalue weighted by Crippen LogP contribution is -2.36. The number of carbonyl (C=O) groups excluding carboxylic acids is 3. The van der Waals surface area contributed by atoms with Gasteiger partial charge in [-0.05, 0) is 55.3 Å². The Labute approximate surface area is 226 Å². The number of amides is 3. The summed E-state index contributed by atoms with van der Waals surface area (Å²) in [6.07, 6.45) is 3.48. The molecule has 0 spiro atoms. The second kappa shape index (κ2) is 11.8. The maximum atomic E-state index is 12.9. The molecule has 1 fully saturated rings. The van der Waals surface area contributed by atoms with Crippen LogP contribution in [0.25, 0.3) is 10.9 Å². The van der Waals surface area contributed by atoms with E-state index in [1.807, 2.05) is 30.3 Å². The highest BCUT2D eigenvalue weighted by Gasteiger charge is 2.36. The van der Waals surface area contributed by atoms with Gasteiger partial charge < -0.3 is 20.3 Å². The van der Waals surface area contributed by atoms with Crippen LogP contribution in [0.15, 0.2) is 48.7 Å². The molecule has 2 aliphatic heterocycles. The standard InChI is InChI=1S/C28H30ClN5O4/c29-19-3-5-22-24(7-11-31-25(22)17-19)30-9-1-2-10-32-26(35)8-12-34-27(36)21-6-4-20(18-23(21)28(34)37)33-13-15-38-16-14-33/h3-7,11,17-18H,1-2,8-10,12-16H2,(H,30,31)(H,32,35). The first-order chi connectivity index (χ1) is 18.5. The Kier molecular flexibility index (Phi) is 8.05. The Balaban J connectivity index is 1.03. The van der Waals surface area contributed by atoms with Crippen molar-refractivity contribution in [1.29, 1.82) is 0 Å². The summed E-state index contributed by atoms with van der Waals surface area (Å²) in [4.78, 5) is 45.7. The quantitative estimate of drug-likeness (QED) is 0.301. The zero-order valence-corrected chi connectivity index (χ0v) is 21.8. The minimum atomic E-state index is -0.344. The number of ether oxygens (including phenoxy) is 1. The van der Waals surface area contributed by atoms with Crippen LogP contribution in [-0.4, -0.2) is 73.5 Å². The number of pyridine rings is 1. The predicted octanol–water partition coefficient (Wildman–Crippen LogP) is 3.72. The van der Waals surface area contributed by atoms with Crippen molar-refractivity contribution in [2.24, 2.45) is 0 Å². The number of unbranched alkanes of at least 4 members (excludes halogenated alkanes) is 1. The number of nitrogens with zero attached hydrogens (tertiary/aromatic N) is 3. The van der Waals surface area contributed by atoms with Gasteiger partial charge in [-0.1, -0.05) is 11.6 Å². The van der Waals surface area contributed by atoms with E-state index in [1.165, 1.54) is 4.90 Å². The number of hydrogen-bond acceptors (Lipinski definition) is 7. The summed E-state index contributed by atoms with van der Waals surface area (Å²) in [7, 11) is 0. The van der Waals surface area contributed by atoms with Gasteiger partial charge >= 0.3 is 0 Å². The van der Waals surface area contributed by atoms with E-state index in [0.29, 0.717) is 35.9 Å². The number of anilines is 2. The van der Waals surface area contributed by atoms with Crippen molar-refractivity contribution in [2.75, 3.05) is 56.2 Å². The zero-order chi connectivity index (χ0) is 26.5. The Hall–Kier alpha value is -3.69. The maximum absolute atomic E-state index is 12.9. The fourth-order valence-corrected chi connectivity index (χ4v) is 4.94. The van der Waals surface area contributed by atoms with Crippen LogP contribution in [0, 0.1) is 0 Å². The van der Waals surface area contributed by atoms with E-state index in [1.54, 1.807) is 18.3 Å². The lowest BCUT2D eigenvalue weighted by atomic mass is 10.1. The van der Waals surface area contributed by atoms with E-state index < -0.39 is 0 Å². The molecule has 2 aliphatic rings. The third kappa shape index (κ3) is 5.74. The molecule has 5 rings (SSSR count). The van der Waals surface area contributed by atoms with Crippen molar-refractivity contribution in [3.8, 4) is 0 Å². The fraction of sp³-hybridized carbons (Fsp3) is 0.357. The molecule has 38 heavy (non-hydrogen) atoms. The summed E-state index contributed by atoms with van der Waals surface area (Å²) in [6.45, 7) is 4.11. The van der Waals surface area contributed by atoms with Gasteiger partial charge in [0.15, 0.2) is 0 Å². The van der Waals surface area contributed by atoms with Gasteiger partial charge in [0.25, 0.3) is 11.8 Å². The van der Waals surface area contributed by atoms with Gasteiger partial charge in [0.1, 0.15) is 0 Å². The maximum Gasteiger partial charge on any atom is 0.261 e. The molecule has 10 heteroatoms. The topological polar surface area (TPSA) is 104 Å². The van der Waals surface area contributed by atoms with Crippen molar-refractivity contribution >= 4 is 51.6 Å². The smallest absolute Gasteiger partial charge is 0.261 e. The number of aromatic nitrogens is 1. The van der Waals surface area contributed by atoms with E-state index in [0.717, 1.165) is 54.8 Å². The second-order valence-electron chi connectivity index (χ2n) is 9.35. The molecule has 0 radical (unpaired) electrons. The number of halogens is 1. The Morgan fingerprint density at radius 1 is 0.974 bits per heavy atom. The summed E-state index contributed by atoms with van der Waals surface area (Å²) in [6, 6.07) is 12.9. The van der Waals surface area contributed by atoms with Crippen LogP contribution < -0.4 is 15.5 Å². The fourth-order valence-electron chi connectivity index (χ4n) is 4.78. The molecule has 0 bridgehead atoms. The highest BCUT2D eigenvalue weighted by molar-refractivity contribution is 6.31. The molecular weight excluding hydrogens is 506 g/mol. The van der Waals surface area contributed by atoms with Crippen molar-refractivity contribution in [1.82, 2.24) is 15.2 Å². The number of imide groups is 1. The zero-order valence-electron chi connectivity index (χ0n) is 21.0. The molecule has 9 nitrogen and oxygen atoms in total. The first-order valence-electron chi connectivity index (χ1n) is 12.9. The lowest BCUT2D eigenvalue weighted by molar-refractivity contribution is -0.121. The number of nitrogens with one attached hydrogen (secondary N) is 2. The van der Waals surface area contributed by atoms with Gasteiger partial charge in [0.05, 0.1) is 29.9 Å². The minimum Gasteiger partial charge on any atom is -0.384 e. The van der Waals surface area contributed by atoms with E-state index in [-0.39, 0.29) is 30.7 Å². The largest absolute Gasteiger partial charge is 0.384 e. The highest BCUT2D eigenvalue weighted by Crippen LogP contribution is 2.28. The van der Waals surface area contributed by atoms with E-state index in [9.17, 15) is 14.4 Å². The van der Waals surface area contributed by atoms with Crippen LogP contribution in [0.2, 0.25) is 5.02 Å². The Morgan fingerprint density at radius 2 is 1.76 bits per heavy atom. The normalized spacial score (nSPS) is 15.2. The third-order valence-electron chi connectivity index (χ3n) is 6.84. The first kappa shape index (κ1) is 25.9. The van der Waals surface area contributed by atoms with E-state index in [4.69, 9.17) is 16.3 Å². The number of fused-ring (bicyclic) bond motifs is 2. The van der Waals surface area contributed by atoms with Crippen LogP contribution in [-0.2, 0) is 9.53 Å². The number of morpholine rings is 1. The third-order valence-corrected chi connectivity index (χ3v) is 7.07. The van der Waals surface area contributed by atoms with Gasteiger partial charge in [-0.25, -0.2) is 0 Å². The Morgan fingerprint density at radius 3 is 2.61 bits per heavy atom. The van der Waals surface area contributed by atoms with Crippen molar-refractivity contribution in [3.63, 3.8) is 0 Å². The van der Waals surface area contributed by atoms with Crippen LogP contribution >= 0.6 is 11.6 Å². The predicted molar refractivity (Wildman–Crippen MR) is 147 cm³/mol. The summed E-state index contributed by atoms with van der Waals surface area (Å²) in [5.74, 6) is -0.867. The van der Waals surface area contributed by atoms with E-state index in [2.05, 4.69) is 20.5 Å². The molecular formula is C28H30ClN5O4. The summed E-state index contributed by atoms with van der Waals surface area (Å²) in [5, 5.41) is 7.96. The van der Waals surface area contributed by atoms with Crippen LogP contribution in [0.5, 0.6) is 0 Å². The molecule has 0 atom stereocenters. The average Bonchev–Trinajstić information content (AvgIpc) is 3.18. The SMILES string of the molecule is O=C(CCN1C(=O)c2ccc(N3CCOCC3)cc2C1=O)NCCCCNc1ccnc2cc(Cl)ccc12. The summed E-state index contributed by atoms with van der Waals surface area (Å²) in [5.41, 5.74) is 3.53. The molecule has 198 valence electrons. The van der Waals surface area contributed by atoms with Gasteiger partial charge in [0, 0.05) is 67.1 Å². The lowest BCUT2D eigenvalue weighted by Gasteiger charge is -2.29. The highest BCUT2D eigenvalue weighted by atomic mass is 35.5. The number of hydrogen-bond donors (Lipinski definition) is 2. The number of carbonyl (C=O) groups is 3. The van der Waals surface area contributed by atoms with Gasteiger partial charge in [-0.2, -0.15) is 0 Å². The molecule has 2 aromatic carbocycles. The van der Waals surface area contributed by atoms with Crippen molar-refractivity contribution in [2.45, 2.75) is 19.3 Å². The van der Waals surface area contributed by atoms with Gasteiger partial charge in [0.2, 0.25) is 5.91 Å². The molecule has 2 N–H and O–H groups in total. The second-order valence-corrected chi connectivity index (χ2v) is 9.78. The van der Waals surface area contributed by atoms with Crippen LogP contribution in [0.3, 0.4) is 0 Å². The number of benzene rings is 2. The van der Waals surface area contributed by atoms with E-state index >= 15 is 0 Å². The van der Waals surface area contributed by atoms with Crippen LogP contribution in [0.4, 0.5) is 11.4 Å². The molecule has 3 heterocycles. The monoisotopic (exact) mass is 535 g/mol. The number of rotatable bonds is 10. The molecule has 3 amide bonds. The molecule has 3 aromatic rings. The van der Waals surface area contributed by atoms with Crippen molar-refractivity contribution in [3.05, 3.63) is 64.8 Å². The van der Waals surface area contributed by atoms with Gasteiger partial charge in [-0.15, -0.1) is 0 Å². The first-order valence-corrected chi connectivity index (χ1v) is 13.3. The summed E-state index contributed by atoms with van der Waals surface area (Å²) < 4.78 is 5.39. The minimum absolute atomic E-state index is 0.0613. The Bertz CT molecular complexity index is 1360.